The maximum absolute atomic E-state index is 12.0. The Kier molecular flexibility index (Phi) is 3.27. The number of hydrogen-bond acceptors (Lipinski definition) is 5. The number of pyridine rings is 1. The Labute approximate surface area is 119 Å². The summed E-state index contributed by atoms with van der Waals surface area (Å²) in [5.41, 5.74) is 1.80. The SMILES string of the molecule is CSc1nc2n(Cc3ccncc3)c(C)cc(=O)n2n1. The van der Waals surface area contributed by atoms with Gasteiger partial charge in [0.15, 0.2) is 0 Å². The van der Waals surface area contributed by atoms with E-state index in [9.17, 15) is 4.79 Å². The molecule has 3 heterocycles. The van der Waals surface area contributed by atoms with E-state index in [1.165, 1.54) is 16.3 Å². The van der Waals surface area contributed by atoms with Crippen molar-refractivity contribution in [3.8, 4) is 0 Å². The fourth-order valence-corrected chi connectivity index (χ4v) is 2.37. The minimum Gasteiger partial charge on any atom is -0.310 e. The molecule has 7 heteroatoms. The number of rotatable bonds is 3. The first kappa shape index (κ1) is 12.9. The van der Waals surface area contributed by atoms with Gasteiger partial charge in [0, 0.05) is 24.2 Å². The van der Waals surface area contributed by atoms with Crippen molar-refractivity contribution >= 4 is 17.5 Å². The van der Waals surface area contributed by atoms with Gasteiger partial charge in [-0.25, -0.2) is 0 Å². The summed E-state index contributed by atoms with van der Waals surface area (Å²) in [6.45, 7) is 2.53. The van der Waals surface area contributed by atoms with Gasteiger partial charge in [-0.2, -0.15) is 9.50 Å². The summed E-state index contributed by atoms with van der Waals surface area (Å²) in [7, 11) is 0. The first-order valence-corrected chi connectivity index (χ1v) is 7.31. The van der Waals surface area contributed by atoms with Gasteiger partial charge < -0.3 is 4.57 Å². The number of hydrogen-bond donors (Lipinski definition) is 0. The first-order chi connectivity index (χ1) is 9.69. The standard InChI is InChI=1S/C13H13N5OS/c1-9-7-11(19)18-13(15-12(16-18)20-2)17(9)8-10-3-5-14-6-4-10/h3-7H,8H2,1-2H3. The molecular formula is C13H13N5OS. The third-order valence-corrected chi connectivity index (χ3v) is 3.59. The molecule has 0 N–H and O–H groups in total. The lowest BCUT2D eigenvalue weighted by molar-refractivity contribution is 0.728. The Morgan fingerprint density at radius 3 is 2.75 bits per heavy atom. The highest BCUT2D eigenvalue weighted by Gasteiger charge is 2.11. The molecule has 0 unspecified atom stereocenters. The molecule has 0 aliphatic carbocycles. The molecule has 0 saturated heterocycles. The number of nitrogens with zero attached hydrogens (tertiary/aromatic N) is 5. The highest BCUT2D eigenvalue weighted by Crippen LogP contribution is 2.12. The molecule has 0 aromatic carbocycles. The van der Waals surface area contributed by atoms with E-state index in [1.54, 1.807) is 18.5 Å². The van der Waals surface area contributed by atoms with Crippen LogP contribution in [0.4, 0.5) is 0 Å². The van der Waals surface area contributed by atoms with Crippen molar-refractivity contribution in [2.45, 2.75) is 18.6 Å². The van der Waals surface area contributed by atoms with Crippen LogP contribution in [0.3, 0.4) is 0 Å². The van der Waals surface area contributed by atoms with Crippen molar-refractivity contribution in [3.63, 3.8) is 0 Å². The zero-order valence-electron chi connectivity index (χ0n) is 11.1. The second kappa shape index (κ2) is 5.09. The number of aryl methyl sites for hydroxylation is 1. The lowest BCUT2D eigenvalue weighted by Crippen LogP contribution is -2.20. The molecule has 0 aliphatic heterocycles. The molecule has 0 fully saturated rings. The summed E-state index contributed by atoms with van der Waals surface area (Å²) in [5, 5.41) is 4.79. The van der Waals surface area contributed by atoms with Crippen molar-refractivity contribution in [2.75, 3.05) is 6.26 Å². The van der Waals surface area contributed by atoms with Crippen LogP contribution >= 0.6 is 11.8 Å². The average Bonchev–Trinajstić information content (AvgIpc) is 2.89. The van der Waals surface area contributed by atoms with Crippen LogP contribution in [0, 0.1) is 6.92 Å². The predicted octanol–water partition coefficient (Wildman–Crippen LogP) is 1.36. The lowest BCUT2D eigenvalue weighted by Gasteiger charge is -2.11. The fraction of sp³-hybridized carbons (Fsp3) is 0.231. The van der Waals surface area contributed by atoms with Crippen LogP contribution in [-0.2, 0) is 6.54 Å². The topological polar surface area (TPSA) is 65.1 Å². The van der Waals surface area contributed by atoms with Gasteiger partial charge in [0.2, 0.25) is 10.9 Å². The molecule has 0 bridgehead atoms. The summed E-state index contributed by atoms with van der Waals surface area (Å²) in [6.07, 6.45) is 5.39. The maximum atomic E-state index is 12.0. The molecule has 0 saturated carbocycles. The number of fused-ring (bicyclic) bond motifs is 1. The van der Waals surface area contributed by atoms with Gasteiger partial charge in [-0.15, -0.1) is 5.10 Å². The van der Waals surface area contributed by atoms with Crippen LogP contribution in [0.1, 0.15) is 11.3 Å². The van der Waals surface area contributed by atoms with E-state index in [0.717, 1.165) is 11.3 Å². The van der Waals surface area contributed by atoms with Gasteiger partial charge in [0.05, 0.1) is 6.54 Å². The second-order valence-corrected chi connectivity index (χ2v) is 5.15. The van der Waals surface area contributed by atoms with Crippen LogP contribution in [0.2, 0.25) is 0 Å². The maximum Gasteiger partial charge on any atom is 0.275 e. The summed E-state index contributed by atoms with van der Waals surface area (Å²) in [4.78, 5) is 20.4. The summed E-state index contributed by atoms with van der Waals surface area (Å²) in [6, 6.07) is 5.47. The highest BCUT2D eigenvalue weighted by atomic mass is 32.2. The van der Waals surface area contributed by atoms with E-state index in [1.807, 2.05) is 29.9 Å². The van der Waals surface area contributed by atoms with Crippen molar-refractivity contribution in [1.29, 1.82) is 0 Å². The van der Waals surface area contributed by atoms with Gasteiger partial charge in [0.1, 0.15) is 0 Å². The van der Waals surface area contributed by atoms with E-state index < -0.39 is 0 Å². The van der Waals surface area contributed by atoms with Gasteiger partial charge in [-0.05, 0) is 30.9 Å². The van der Waals surface area contributed by atoms with Crippen LogP contribution < -0.4 is 5.56 Å². The van der Waals surface area contributed by atoms with E-state index in [4.69, 9.17) is 0 Å². The smallest absolute Gasteiger partial charge is 0.275 e. The third kappa shape index (κ3) is 2.20. The van der Waals surface area contributed by atoms with E-state index in [2.05, 4.69) is 15.1 Å². The molecular weight excluding hydrogens is 274 g/mol. The Bertz CT molecular complexity index is 809. The highest BCUT2D eigenvalue weighted by molar-refractivity contribution is 7.98. The Morgan fingerprint density at radius 1 is 1.30 bits per heavy atom. The number of aromatic nitrogens is 5. The molecule has 20 heavy (non-hydrogen) atoms. The minimum atomic E-state index is -0.156. The molecule has 0 spiro atoms. The fourth-order valence-electron chi connectivity index (χ4n) is 2.04. The van der Waals surface area contributed by atoms with E-state index >= 15 is 0 Å². The average molecular weight is 287 g/mol. The zero-order chi connectivity index (χ0) is 14.1. The van der Waals surface area contributed by atoms with E-state index in [0.29, 0.717) is 17.5 Å². The van der Waals surface area contributed by atoms with Gasteiger partial charge in [-0.1, -0.05) is 11.8 Å². The Hall–Kier alpha value is -2.15. The summed E-state index contributed by atoms with van der Waals surface area (Å²) < 4.78 is 3.32. The number of thioether (sulfide) groups is 1. The Balaban J connectivity index is 2.19. The van der Waals surface area contributed by atoms with E-state index in [-0.39, 0.29) is 5.56 Å². The quantitative estimate of drug-likeness (QED) is 0.681. The minimum absolute atomic E-state index is 0.156. The van der Waals surface area contributed by atoms with Crippen LogP contribution in [-0.4, -0.2) is 30.4 Å². The molecule has 6 nitrogen and oxygen atoms in total. The lowest BCUT2D eigenvalue weighted by atomic mass is 10.2. The monoisotopic (exact) mass is 287 g/mol. The van der Waals surface area contributed by atoms with Crippen LogP contribution in [0.15, 0.2) is 40.5 Å². The molecule has 0 radical (unpaired) electrons. The van der Waals surface area contributed by atoms with Gasteiger partial charge >= 0.3 is 0 Å². The Morgan fingerprint density at radius 2 is 2.05 bits per heavy atom. The third-order valence-electron chi connectivity index (χ3n) is 3.05. The van der Waals surface area contributed by atoms with Crippen molar-refractivity contribution < 1.29 is 0 Å². The molecule has 0 amide bonds. The summed E-state index contributed by atoms with van der Waals surface area (Å²) in [5.74, 6) is 0.566. The molecule has 3 rings (SSSR count). The normalized spacial score (nSPS) is 11.1. The van der Waals surface area contributed by atoms with Crippen molar-refractivity contribution in [2.24, 2.45) is 0 Å². The van der Waals surface area contributed by atoms with Crippen LogP contribution in [0.5, 0.6) is 0 Å². The van der Waals surface area contributed by atoms with Gasteiger partial charge in [-0.3, -0.25) is 9.78 Å². The van der Waals surface area contributed by atoms with Crippen molar-refractivity contribution in [3.05, 3.63) is 52.2 Å². The molecule has 3 aromatic heterocycles. The zero-order valence-corrected chi connectivity index (χ0v) is 12.0. The second-order valence-electron chi connectivity index (χ2n) is 4.38. The molecule has 102 valence electrons. The first-order valence-electron chi connectivity index (χ1n) is 6.09. The van der Waals surface area contributed by atoms with Crippen molar-refractivity contribution in [1.82, 2.24) is 24.1 Å². The van der Waals surface area contributed by atoms with Gasteiger partial charge in [0.25, 0.3) is 5.56 Å². The molecule has 0 atom stereocenters. The largest absolute Gasteiger partial charge is 0.310 e. The molecule has 3 aromatic rings. The predicted molar refractivity (Wildman–Crippen MR) is 77.1 cm³/mol. The van der Waals surface area contributed by atoms with Crippen LogP contribution in [0.25, 0.3) is 5.78 Å². The molecule has 0 aliphatic rings. The summed E-state index contributed by atoms with van der Waals surface area (Å²) >= 11 is 1.42.